The van der Waals surface area contributed by atoms with Crippen molar-refractivity contribution < 1.29 is 14.3 Å². The molecule has 0 amide bonds. The Labute approximate surface area is 74.7 Å². The van der Waals surface area contributed by atoms with Gasteiger partial charge in [0.05, 0.1) is 25.2 Å². The quantitative estimate of drug-likeness (QED) is 0.642. The van der Waals surface area contributed by atoms with Crippen LogP contribution in [0.1, 0.15) is 0 Å². The van der Waals surface area contributed by atoms with Crippen LogP contribution in [0.3, 0.4) is 0 Å². The predicted molar refractivity (Wildman–Crippen MR) is 44.0 cm³/mol. The molecule has 1 aromatic heterocycles. The van der Waals surface area contributed by atoms with Gasteiger partial charge in [0.15, 0.2) is 6.61 Å². The number of anilines is 1. The van der Waals surface area contributed by atoms with Crippen LogP contribution in [0.25, 0.3) is 0 Å². The molecule has 0 aliphatic heterocycles. The fourth-order valence-electron chi connectivity index (χ4n) is 0.583. The van der Waals surface area contributed by atoms with Gasteiger partial charge in [-0.15, -0.1) is 0 Å². The lowest BCUT2D eigenvalue weighted by Gasteiger charge is -2.01. The van der Waals surface area contributed by atoms with Crippen LogP contribution in [-0.4, -0.2) is 29.7 Å². The van der Waals surface area contributed by atoms with E-state index in [1.807, 2.05) is 0 Å². The highest BCUT2D eigenvalue weighted by Gasteiger charge is 2.02. The standard InChI is InChI=1S/C7H9N3O3/c1-12-6(11)4-13-7-9-2-5(8)3-10-7/h2-3H,4,8H2,1H3. The topological polar surface area (TPSA) is 87.3 Å². The molecule has 1 aromatic rings. The van der Waals surface area contributed by atoms with Gasteiger partial charge in [0.25, 0.3) is 0 Å². The first-order valence-electron chi connectivity index (χ1n) is 3.49. The Hall–Kier alpha value is -1.85. The highest BCUT2D eigenvalue weighted by atomic mass is 16.6. The summed E-state index contributed by atoms with van der Waals surface area (Å²) in [6.07, 6.45) is 2.78. The molecule has 1 heterocycles. The maximum Gasteiger partial charge on any atom is 0.344 e. The molecule has 6 nitrogen and oxygen atoms in total. The highest BCUT2D eigenvalue weighted by Crippen LogP contribution is 2.02. The van der Waals surface area contributed by atoms with Gasteiger partial charge in [-0.25, -0.2) is 14.8 Å². The molecule has 2 N–H and O–H groups in total. The summed E-state index contributed by atoms with van der Waals surface area (Å²) < 4.78 is 9.21. The number of ether oxygens (including phenoxy) is 2. The summed E-state index contributed by atoms with van der Waals surface area (Å²) in [5, 5.41) is 0. The molecule has 0 radical (unpaired) electrons. The van der Waals surface area contributed by atoms with Crippen molar-refractivity contribution in [3.8, 4) is 6.01 Å². The summed E-state index contributed by atoms with van der Waals surface area (Å²) >= 11 is 0. The van der Waals surface area contributed by atoms with Crippen molar-refractivity contribution in [3.63, 3.8) is 0 Å². The molecular formula is C7H9N3O3. The minimum atomic E-state index is -0.486. The smallest absolute Gasteiger partial charge is 0.344 e. The minimum Gasteiger partial charge on any atom is -0.466 e. The van der Waals surface area contributed by atoms with Crippen molar-refractivity contribution in [2.75, 3.05) is 19.5 Å². The lowest BCUT2D eigenvalue weighted by atomic mass is 10.6. The lowest BCUT2D eigenvalue weighted by molar-refractivity contribution is -0.143. The average molecular weight is 183 g/mol. The normalized spacial score (nSPS) is 9.31. The number of rotatable bonds is 3. The Bertz CT molecular complexity index is 286. The molecule has 0 bridgehead atoms. The van der Waals surface area contributed by atoms with Gasteiger partial charge in [0.2, 0.25) is 0 Å². The molecule has 0 aliphatic rings. The summed E-state index contributed by atoms with van der Waals surface area (Å²) in [6, 6.07) is 0.0969. The molecule has 0 saturated heterocycles. The van der Waals surface area contributed by atoms with E-state index in [-0.39, 0.29) is 12.6 Å². The summed E-state index contributed by atoms with van der Waals surface area (Å²) in [6.45, 7) is -0.208. The number of carbonyl (C=O) groups is 1. The van der Waals surface area contributed by atoms with Crippen LogP contribution in [-0.2, 0) is 9.53 Å². The first kappa shape index (κ1) is 9.24. The molecule has 0 aromatic carbocycles. The molecule has 1 rings (SSSR count). The van der Waals surface area contributed by atoms with E-state index in [0.717, 1.165) is 0 Å². The van der Waals surface area contributed by atoms with Crippen LogP contribution in [0.2, 0.25) is 0 Å². The second kappa shape index (κ2) is 4.24. The van der Waals surface area contributed by atoms with Gasteiger partial charge in [0.1, 0.15) is 0 Å². The van der Waals surface area contributed by atoms with E-state index in [1.165, 1.54) is 19.5 Å². The van der Waals surface area contributed by atoms with Gasteiger partial charge in [0, 0.05) is 0 Å². The van der Waals surface area contributed by atoms with Crippen molar-refractivity contribution in [1.29, 1.82) is 0 Å². The third kappa shape index (κ3) is 2.94. The fourth-order valence-corrected chi connectivity index (χ4v) is 0.583. The van der Waals surface area contributed by atoms with Gasteiger partial charge in [-0.05, 0) is 0 Å². The van der Waals surface area contributed by atoms with Crippen molar-refractivity contribution in [2.24, 2.45) is 0 Å². The number of carbonyl (C=O) groups excluding carboxylic acids is 1. The monoisotopic (exact) mass is 183 g/mol. The summed E-state index contributed by atoms with van der Waals surface area (Å²) in [7, 11) is 1.27. The van der Waals surface area contributed by atoms with Crippen LogP contribution in [0.4, 0.5) is 5.69 Å². The highest BCUT2D eigenvalue weighted by molar-refractivity contribution is 5.70. The lowest BCUT2D eigenvalue weighted by Crippen LogP contribution is -2.13. The molecule has 0 fully saturated rings. The van der Waals surface area contributed by atoms with Crippen LogP contribution >= 0.6 is 0 Å². The Balaban J connectivity index is 2.46. The molecule has 0 atom stereocenters. The molecule has 0 aliphatic carbocycles. The Morgan fingerprint density at radius 3 is 2.69 bits per heavy atom. The maximum atomic E-state index is 10.6. The second-order valence-electron chi connectivity index (χ2n) is 2.16. The number of nitrogens with two attached hydrogens (primary N) is 1. The van der Waals surface area contributed by atoms with Gasteiger partial charge in [-0.3, -0.25) is 0 Å². The largest absolute Gasteiger partial charge is 0.466 e. The predicted octanol–water partition coefficient (Wildman–Crippen LogP) is -0.389. The zero-order valence-electron chi connectivity index (χ0n) is 7.06. The Morgan fingerprint density at radius 2 is 2.15 bits per heavy atom. The van der Waals surface area contributed by atoms with Gasteiger partial charge in [-0.2, -0.15) is 0 Å². The van der Waals surface area contributed by atoms with Crippen molar-refractivity contribution in [3.05, 3.63) is 12.4 Å². The molecule has 6 heteroatoms. The Morgan fingerprint density at radius 1 is 1.54 bits per heavy atom. The number of nitrogen functional groups attached to an aromatic ring is 1. The van der Waals surface area contributed by atoms with Crippen LogP contribution in [0, 0.1) is 0 Å². The first-order valence-corrected chi connectivity index (χ1v) is 3.49. The fraction of sp³-hybridized carbons (Fsp3) is 0.286. The minimum absolute atomic E-state index is 0.0969. The van der Waals surface area contributed by atoms with Crippen molar-refractivity contribution >= 4 is 11.7 Å². The first-order chi connectivity index (χ1) is 6.22. The zero-order valence-corrected chi connectivity index (χ0v) is 7.06. The van der Waals surface area contributed by atoms with Crippen LogP contribution in [0.15, 0.2) is 12.4 Å². The number of nitrogens with zero attached hydrogens (tertiary/aromatic N) is 2. The van der Waals surface area contributed by atoms with E-state index in [0.29, 0.717) is 5.69 Å². The van der Waals surface area contributed by atoms with Crippen LogP contribution in [0.5, 0.6) is 6.01 Å². The van der Waals surface area contributed by atoms with E-state index in [9.17, 15) is 4.79 Å². The van der Waals surface area contributed by atoms with Gasteiger partial charge >= 0.3 is 12.0 Å². The second-order valence-corrected chi connectivity index (χ2v) is 2.16. The van der Waals surface area contributed by atoms with Crippen molar-refractivity contribution in [1.82, 2.24) is 9.97 Å². The molecule has 70 valence electrons. The third-order valence-electron chi connectivity index (χ3n) is 1.19. The van der Waals surface area contributed by atoms with E-state index in [2.05, 4.69) is 14.7 Å². The number of hydrogen-bond donors (Lipinski definition) is 1. The summed E-state index contributed by atoms with van der Waals surface area (Å²) in [4.78, 5) is 18.1. The van der Waals surface area contributed by atoms with Crippen LogP contribution < -0.4 is 10.5 Å². The molecule has 13 heavy (non-hydrogen) atoms. The molecule has 0 spiro atoms. The Kier molecular flexibility index (Phi) is 3.02. The summed E-state index contributed by atoms with van der Waals surface area (Å²) in [5.41, 5.74) is 5.77. The molecule has 0 saturated carbocycles. The van der Waals surface area contributed by atoms with Crippen molar-refractivity contribution in [2.45, 2.75) is 0 Å². The van der Waals surface area contributed by atoms with E-state index in [1.54, 1.807) is 0 Å². The molecular weight excluding hydrogens is 174 g/mol. The van der Waals surface area contributed by atoms with Gasteiger partial charge in [-0.1, -0.05) is 0 Å². The summed E-state index contributed by atoms with van der Waals surface area (Å²) in [5.74, 6) is -0.486. The van der Waals surface area contributed by atoms with E-state index < -0.39 is 5.97 Å². The SMILES string of the molecule is COC(=O)COc1ncc(N)cn1. The molecule has 0 unspecified atom stereocenters. The number of esters is 1. The number of aromatic nitrogens is 2. The van der Waals surface area contributed by atoms with Gasteiger partial charge < -0.3 is 15.2 Å². The zero-order chi connectivity index (χ0) is 9.68. The number of hydrogen-bond acceptors (Lipinski definition) is 6. The van der Waals surface area contributed by atoms with E-state index in [4.69, 9.17) is 10.5 Å². The average Bonchev–Trinajstić information content (AvgIpc) is 2.16. The maximum absolute atomic E-state index is 10.6. The van der Waals surface area contributed by atoms with E-state index >= 15 is 0 Å². The third-order valence-corrected chi connectivity index (χ3v) is 1.19. The number of methoxy groups -OCH3 is 1.